The first-order valence-corrected chi connectivity index (χ1v) is 9.66. The van der Waals surface area contributed by atoms with Gasteiger partial charge >= 0.3 is 0 Å². The van der Waals surface area contributed by atoms with Gasteiger partial charge in [-0.05, 0) is 30.3 Å². The lowest BCUT2D eigenvalue weighted by atomic mass is 10.2. The molecule has 27 heavy (non-hydrogen) atoms. The van der Waals surface area contributed by atoms with Crippen molar-refractivity contribution in [3.63, 3.8) is 0 Å². The number of carbonyl (C=O) groups is 1. The van der Waals surface area contributed by atoms with Gasteiger partial charge in [-0.1, -0.05) is 29.8 Å². The van der Waals surface area contributed by atoms with Crippen molar-refractivity contribution < 1.29 is 14.4 Å². The highest BCUT2D eigenvalue weighted by Crippen LogP contribution is 2.21. The molecule has 1 saturated heterocycles. The zero-order chi connectivity index (χ0) is 19.2. The number of methoxy groups -OCH3 is 1. The lowest BCUT2D eigenvalue weighted by Crippen LogP contribution is -3.09. The third-order valence-corrected chi connectivity index (χ3v) is 5.18. The highest BCUT2D eigenvalue weighted by Gasteiger charge is 2.24. The van der Waals surface area contributed by atoms with Gasteiger partial charge in [0, 0.05) is 42.5 Å². The third-order valence-electron chi connectivity index (χ3n) is 4.94. The van der Waals surface area contributed by atoms with E-state index in [4.69, 9.17) is 16.3 Å². The second-order valence-electron chi connectivity index (χ2n) is 6.97. The first-order valence-electron chi connectivity index (χ1n) is 9.28. The normalized spacial score (nSPS) is 15.5. The van der Waals surface area contributed by atoms with Crippen LogP contribution in [0.2, 0.25) is 5.02 Å². The predicted molar refractivity (Wildman–Crippen MR) is 109 cm³/mol. The summed E-state index contributed by atoms with van der Waals surface area (Å²) in [6.45, 7) is 4.43. The van der Waals surface area contributed by atoms with Gasteiger partial charge in [-0.25, -0.2) is 0 Å². The minimum atomic E-state index is 0.196. The summed E-state index contributed by atoms with van der Waals surface area (Å²) in [7, 11) is 3.68. The Bertz CT molecular complexity index is 761. The molecule has 1 atom stereocenters. The first-order chi connectivity index (χ1) is 13.1. The molecule has 0 aromatic heterocycles. The predicted octanol–water partition coefficient (Wildman–Crippen LogP) is 1.71. The van der Waals surface area contributed by atoms with Gasteiger partial charge in [0.05, 0.1) is 14.2 Å². The van der Waals surface area contributed by atoms with E-state index in [1.165, 1.54) is 5.69 Å². The Morgan fingerprint density at radius 3 is 2.48 bits per heavy atom. The van der Waals surface area contributed by atoms with Crippen molar-refractivity contribution in [1.29, 1.82) is 0 Å². The van der Waals surface area contributed by atoms with E-state index in [1.54, 1.807) is 7.11 Å². The number of quaternary nitrogens is 1. The number of hydrogen-bond donors (Lipinski definition) is 1. The molecule has 1 heterocycles. The van der Waals surface area contributed by atoms with Crippen LogP contribution in [-0.2, 0) is 11.3 Å². The molecule has 1 fully saturated rings. The highest BCUT2D eigenvalue weighted by atomic mass is 35.5. The molecule has 1 unspecified atom stereocenters. The van der Waals surface area contributed by atoms with Gasteiger partial charge in [0.25, 0.3) is 5.91 Å². The molecule has 0 radical (unpaired) electrons. The number of ether oxygens (including phenoxy) is 1. The van der Waals surface area contributed by atoms with Crippen LogP contribution in [0, 0.1) is 0 Å². The highest BCUT2D eigenvalue weighted by molar-refractivity contribution is 6.30. The maximum Gasteiger partial charge on any atom is 0.277 e. The number of nitrogens with one attached hydrogen (secondary N) is 1. The molecule has 0 saturated carbocycles. The molecule has 0 spiro atoms. The van der Waals surface area contributed by atoms with Gasteiger partial charge in [0.1, 0.15) is 12.3 Å². The van der Waals surface area contributed by atoms with Crippen molar-refractivity contribution in [1.82, 2.24) is 4.90 Å². The van der Waals surface area contributed by atoms with Gasteiger partial charge < -0.3 is 19.4 Å². The average Bonchev–Trinajstić information content (AvgIpc) is 2.69. The number of halogens is 1. The molecule has 0 bridgehead atoms. The Hall–Kier alpha value is -2.24. The first kappa shape index (κ1) is 19.5. The van der Waals surface area contributed by atoms with E-state index in [1.807, 2.05) is 36.2 Å². The van der Waals surface area contributed by atoms with Crippen molar-refractivity contribution in [3.8, 4) is 5.75 Å². The Kier molecular flexibility index (Phi) is 6.58. The van der Waals surface area contributed by atoms with E-state index in [0.717, 1.165) is 42.4 Å². The van der Waals surface area contributed by atoms with E-state index < -0.39 is 0 Å². The van der Waals surface area contributed by atoms with Crippen LogP contribution in [0.25, 0.3) is 0 Å². The Labute approximate surface area is 166 Å². The SMILES string of the molecule is COc1ccc(Cl)cc1C[NH+](C)CC(=O)N1CCN(c2ccccc2)CC1. The van der Waals surface area contributed by atoms with Crippen LogP contribution in [0.5, 0.6) is 5.75 Å². The van der Waals surface area contributed by atoms with Crippen molar-refractivity contribution in [2.24, 2.45) is 0 Å². The molecule has 1 amide bonds. The fraction of sp³-hybridized carbons (Fsp3) is 0.381. The fourth-order valence-corrected chi connectivity index (χ4v) is 3.69. The lowest BCUT2D eigenvalue weighted by Gasteiger charge is -2.36. The Morgan fingerprint density at radius 1 is 1.11 bits per heavy atom. The van der Waals surface area contributed by atoms with E-state index in [2.05, 4.69) is 29.2 Å². The molecule has 1 aliphatic rings. The molecule has 1 aliphatic heterocycles. The van der Waals surface area contributed by atoms with Crippen LogP contribution in [0.15, 0.2) is 48.5 Å². The van der Waals surface area contributed by atoms with Crippen LogP contribution in [0.1, 0.15) is 5.56 Å². The minimum absolute atomic E-state index is 0.196. The van der Waals surface area contributed by atoms with Crippen LogP contribution in [0.3, 0.4) is 0 Å². The topological polar surface area (TPSA) is 37.2 Å². The number of anilines is 1. The fourth-order valence-electron chi connectivity index (χ4n) is 3.50. The zero-order valence-electron chi connectivity index (χ0n) is 16.0. The summed E-state index contributed by atoms with van der Waals surface area (Å²) in [5.41, 5.74) is 2.24. The standard InChI is InChI=1S/C21H26ClN3O2/c1-23(15-17-14-18(22)8-9-20(17)27-2)16-21(26)25-12-10-24(11-13-25)19-6-4-3-5-7-19/h3-9,14H,10-13,15-16H2,1-2H3/p+1. The maximum absolute atomic E-state index is 12.7. The summed E-state index contributed by atoms with van der Waals surface area (Å²) in [6, 6.07) is 16.0. The largest absolute Gasteiger partial charge is 0.496 e. The molecule has 5 nitrogen and oxygen atoms in total. The van der Waals surface area contributed by atoms with Crippen molar-refractivity contribution in [3.05, 3.63) is 59.1 Å². The second kappa shape index (κ2) is 9.11. The van der Waals surface area contributed by atoms with E-state index >= 15 is 0 Å². The van der Waals surface area contributed by atoms with Crippen molar-refractivity contribution in [2.45, 2.75) is 6.54 Å². The summed E-state index contributed by atoms with van der Waals surface area (Å²) in [6.07, 6.45) is 0. The lowest BCUT2D eigenvalue weighted by molar-refractivity contribution is -0.885. The molecule has 0 aliphatic carbocycles. The quantitative estimate of drug-likeness (QED) is 0.818. The van der Waals surface area contributed by atoms with Crippen molar-refractivity contribution >= 4 is 23.2 Å². The molecule has 2 aromatic carbocycles. The number of amides is 1. The molecular formula is C21H27ClN3O2+. The van der Waals surface area contributed by atoms with Gasteiger partial charge in [-0.15, -0.1) is 0 Å². The summed E-state index contributed by atoms with van der Waals surface area (Å²) >= 11 is 6.10. The summed E-state index contributed by atoms with van der Waals surface area (Å²) < 4.78 is 5.40. The van der Waals surface area contributed by atoms with Crippen LogP contribution in [-0.4, -0.2) is 57.7 Å². The monoisotopic (exact) mass is 388 g/mol. The summed E-state index contributed by atoms with van der Waals surface area (Å²) in [4.78, 5) is 18.1. The number of para-hydroxylation sites is 1. The Balaban J connectivity index is 1.51. The van der Waals surface area contributed by atoms with E-state index in [9.17, 15) is 4.79 Å². The average molecular weight is 389 g/mol. The van der Waals surface area contributed by atoms with Gasteiger partial charge in [-0.3, -0.25) is 4.79 Å². The smallest absolute Gasteiger partial charge is 0.277 e. The van der Waals surface area contributed by atoms with Crippen LogP contribution >= 0.6 is 11.6 Å². The Morgan fingerprint density at radius 2 is 1.81 bits per heavy atom. The van der Waals surface area contributed by atoms with Gasteiger partial charge in [0.2, 0.25) is 0 Å². The molecule has 2 aromatic rings. The second-order valence-corrected chi connectivity index (χ2v) is 7.41. The van der Waals surface area contributed by atoms with Crippen LogP contribution in [0.4, 0.5) is 5.69 Å². The summed E-state index contributed by atoms with van der Waals surface area (Å²) in [5, 5.41) is 0.682. The molecule has 144 valence electrons. The van der Waals surface area contributed by atoms with Gasteiger partial charge in [0.15, 0.2) is 6.54 Å². The molecular weight excluding hydrogens is 362 g/mol. The maximum atomic E-state index is 12.7. The number of piperazine rings is 1. The molecule has 3 rings (SSSR count). The number of hydrogen-bond acceptors (Lipinski definition) is 3. The number of likely N-dealkylation sites (N-methyl/N-ethyl adjacent to an activating group) is 1. The number of nitrogens with zero attached hydrogens (tertiary/aromatic N) is 2. The zero-order valence-corrected chi connectivity index (χ0v) is 16.7. The minimum Gasteiger partial charge on any atom is -0.496 e. The number of rotatable bonds is 6. The van der Waals surface area contributed by atoms with Gasteiger partial charge in [-0.2, -0.15) is 0 Å². The number of benzene rings is 2. The third kappa shape index (κ3) is 5.15. The van der Waals surface area contributed by atoms with Crippen LogP contribution < -0.4 is 14.5 Å². The van der Waals surface area contributed by atoms with E-state index in [-0.39, 0.29) is 5.91 Å². The molecule has 1 N–H and O–H groups in total. The molecule has 6 heteroatoms. The van der Waals surface area contributed by atoms with E-state index in [0.29, 0.717) is 18.1 Å². The number of carbonyl (C=O) groups excluding carboxylic acids is 1. The summed E-state index contributed by atoms with van der Waals surface area (Å²) in [5.74, 6) is 1.00. The van der Waals surface area contributed by atoms with Crippen molar-refractivity contribution in [2.75, 3.05) is 51.8 Å².